The maximum absolute atomic E-state index is 15.4. The summed E-state index contributed by atoms with van der Waals surface area (Å²) in [5.74, 6) is -10.2. The summed E-state index contributed by atoms with van der Waals surface area (Å²) in [6.07, 6.45) is 1.09. The number of primary amides is 1. The third-order valence-corrected chi connectivity index (χ3v) is 8.48. The minimum absolute atomic E-state index is 0.0282. The van der Waals surface area contributed by atoms with E-state index in [0.29, 0.717) is 6.07 Å². The molecule has 8 nitrogen and oxygen atoms in total. The van der Waals surface area contributed by atoms with E-state index in [2.05, 4.69) is 9.97 Å². The third kappa shape index (κ3) is 6.46. The number of nitrogens with one attached hydrogen (secondary N) is 1. The first-order valence-corrected chi connectivity index (χ1v) is 14.0. The van der Waals surface area contributed by atoms with Crippen molar-refractivity contribution in [1.29, 1.82) is 0 Å². The predicted octanol–water partition coefficient (Wildman–Crippen LogP) is 4.90. The molecule has 0 radical (unpaired) electrons. The molecule has 2 atom stereocenters. The largest absolute Gasteiger partial charge is 0.453 e. The minimum atomic E-state index is -3.21. The number of aromatic nitrogens is 2. The Labute approximate surface area is 248 Å². The first kappa shape index (κ1) is 31.5. The van der Waals surface area contributed by atoms with Crippen LogP contribution in [-0.4, -0.2) is 63.7 Å². The van der Waals surface area contributed by atoms with Gasteiger partial charge in [-0.1, -0.05) is 0 Å². The second kappa shape index (κ2) is 11.9. The van der Waals surface area contributed by atoms with Crippen LogP contribution in [0.25, 0.3) is 0 Å². The molecule has 0 spiro atoms. The van der Waals surface area contributed by atoms with E-state index in [1.165, 1.54) is 42.4 Å². The lowest BCUT2D eigenvalue weighted by molar-refractivity contribution is -0.139. The van der Waals surface area contributed by atoms with Crippen LogP contribution >= 0.6 is 0 Å². The zero-order chi connectivity index (χ0) is 31.9. The molecule has 0 saturated carbocycles. The number of carbonyl (C=O) groups excluding carboxylic acids is 1. The number of benzene rings is 1. The zero-order valence-electron chi connectivity index (χ0n) is 23.8. The molecule has 2 fully saturated rings. The molecule has 0 aliphatic carbocycles. The number of carbonyl (C=O) groups is 1. The van der Waals surface area contributed by atoms with Crippen LogP contribution in [0, 0.1) is 11.6 Å². The lowest BCUT2D eigenvalue weighted by atomic mass is 9.83. The number of H-pyrrole nitrogens is 1. The summed E-state index contributed by atoms with van der Waals surface area (Å²) in [5.41, 5.74) is 4.10. The minimum Gasteiger partial charge on any atom is -0.453 e. The van der Waals surface area contributed by atoms with Gasteiger partial charge in [-0.2, -0.15) is 0 Å². The SMILES string of the molecule is CC(C(N)=O)(c1ccc(Oc2ccc(F)cc2F)cn1)N1CCC(F)(F)[C@@H](c2c[nH]c(=O)c(CN3CCC(F)(F)CC3)c2)C1. The summed E-state index contributed by atoms with van der Waals surface area (Å²) in [4.78, 5) is 35.4. The number of aromatic amines is 1. The quantitative estimate of drug-likeness (QED) is 0.346. The first-order chi connectivity index (χ1) is 20.7. The number of nitrogens with two attached hydrogens (primary N) is 1. The average molecular weight is 624 g/mol. The lowest BCUT2D eigenvalue weighted by Gasteiger charge is -2.46. The van der Waals surface area contributed by atoms with Crippen LogP contribution in [-0.2, 0) is 16.9 Å². The molecule has 44 heavy (non-hydrogen) atoms. The number of nitrogens with zero attached hydrogens (tertiary/aromatic N) is 3. The van der Waals surface area contributed by atoms with Crippen molar-refractivity contribution in [2.45, 2.75) is 56.0 Å². The molecule has 5 rings (SSSR count). The Morgan fingerprint density at radius 2 is 1.82 bits per heavy atom. The monoisotopic (exact) mass is 623 g/mol. The van der Waals surface area contributed by atoms with Gasteiger partial charge in [0.1, 0.15) is 17.1 Å². The molecule has 0 bridgehead atoms. The smallest absolute Gasteiger partial charge is 0.257 e. The molecular weight excluding hydrogens is 592 g/mol. The van der Waals surface area contributed by atoms with Crippen molar-refractivity contribution in [2.75, 3.05) is 26.2 Å². The molecule has 3 N–H and O–H groups in total. The predicted molar refractivity (Wildman–Crippen MR) is 148 cm³/mol. The van der Waals surface area contributed by atoms with Crippen LogP contribution in [0.3, 0.4) is 0 Å². The van der Waals surface area contributed by atoms with Gasteiger partial charge in [0.25, 0.3) is 17.4 Å². The number of ether oxygens (including phenoxy) is 1. The van der Waals surface area contributed by atoms with Gasteiger partial charge in [0, 0.05) is 69.8 Å². The van der Waals surface area contributed by atoms with Crippen molar-refractivity contribution in [3.63, 3.8) is 0 Å². The van der Waals surface area contributed by atoms with E-state index in [9.17, 15) is 27.2 Å². The second-order valence-electron chi connectivity index (χ2n) is 11.4. The highest BCUT2D eigenvalue weighted by molar-refractivity contribution is 5.85. The van der Waals surface area contributed by atoms with Crippen LogP contribution < -0.4 is 16.0 Å². The van der Waals surface area contributed by atoms with Crippen molar-refractivity contribution in [3.8, 4) is 11.5 Å². The number of rotatable bonds is 8. The first-order valence-electron chi connectivity index (χ1n) is 14.0. The maximum atomic E-state index is 15.4. The van der Waals surface area contributed by atoms with Crippen LogP contribution in [0.4, 0.5) is 26.3 Å². The molecule has 14 heteroatoms. The molecule has 2 aliphatic rings. The van der Waals surface area contributed by atoms with Crippen LogP contribution in [0.15, 0.2) is 53.6 Å². The van der Waals surface area contributed by atoms with E-state index >= 15 is 8.78 Å². The Bertz CT molecular complexity index is 1570. The number of hydrogen-bond donors (Lipinski definition) is 2. The van der Waals surface area contributed by atoms with Gasteiger partial charge in [-0.3, -0.25) is 24.4 Å². The molecular formula is C30H31F6N5O3. The molecule has 4 heterocycles. The zero-order valence-corrected chi connectivity index (χ0v) is 23.8. The van der Waals surface area contributed by atoms with E-state index in [-0.39, 0.29) is 73.9 Å². The Kier molecular flexibility index (Phi) is 8.51. The summed E-state index contributed by atoms with van der Waals surface area (Å²) in [6, 6.07) is 6.95. The van der Waals surface area contributed by atoms with Gasteiger partial charge in [-0.25, -0.2) is 26.3 Å². The lowest BCUT2D eigenvalue weighted by Crippen LogP contribution is -2.59. The van der Waals surface area contributed by atoms with Crippen molar-refractivity contribution in [3.05, 3.63) is 87.6 Å². The van der Waals surface area contributed by atoms with Gasteiger partial charge in [0.05, 0.1) is 17.8 Å². The number of alkyl halides is 4. The Morgan fingerprint density at radius 3 is 2.45 bits per heavy atom. The van der Waals surface area contributed by atoms with Crippen LogP contribution in [0.2, 0.25) is 0 Å². The summed E-state index contributed by atoms with van der Waals surface area (Å²) in [5, 5.41) is 0. The molecule has 236 valence electrons. The standard InChI is InChI=1S/C30H31F6N5O3/c1-28(27(37)43,25-5-3-21(15-38-25)44-24-4-2-20(31)13-23(24)32)41-11-8-30(35,36)22(17-41)18-12-19(26(42)39-14-18)16-40-9-6-29(33,34)7-10-40/h2-5,12-15,22H,6-11,16-17H2,1H3,(H2,37,43)(H,39,42)/t22-,28?/m1/s1. The second-order valence-corrected chi connectivity index (χ2v) is 11.4. The maximum Gasteiger partial charge on any atom is 0.257 e. The van der Waals surface area contributed by atoms with E-state index in [1.54, 1.807) is 4.90 Å². The molecule has 1 unspecified atom stereocenters. The Morgan fingerprint density at radius 1 is 1.09 bits per heavy atom. The Balaban J connectivity index is 1.38. The topological polar surface area (TPSA) is 105 Å². The highest BCUT2D eigenvalue weighted by Gasteiger charge is 2.51. The number of pyridine rings is 2. The van der Waals surface area contributed by atoms with Crippen LogP contribution in [0.5, 0.6) is 11.5 Å². The molecule has 1 aromatic carbocycles. The number of likely N-dealkylation sites (tertiary alicyclic amines) is 2. The molecule has 2 aliphatic heterocycles. The summed E-state index contributed by atoms with van der Waals surface area (Å²) in [7, 11) is 0. The number of hydrogen-bond acceptors (Lipinski definition) is 6. The van der Waals surface area contributed by atoms with Crippen molar-refractivity contribution in [1.82, 2.24) is 19.8 Å². The van der Waals surface area contributed by atoms with Crippen molar-refractivity contribution < 1.29 is 35.9 Å². The molecule has 2 aromatic heterocycles. The molecule has 3 aromatic rings. The summed E-state index contributed by atoms with van der Waals surface area (Å²) >= 11 is 0. The van der Waals surface area contributed by atoms with Gasteiger partial charge < -0.3 is 15.5 Å². The van der Waals surface area contributed by atoms with Crippen molar-refractivity contribution >= 4 is 5.91 Å². The number of halogens is 6. The molecule has 2 saturated heterocycles. The number of piperidine rings is 2. The number of amides is 1. The van der Waals surface area contributed by atoms with Gasteiger partial charge in [0.2, 0.25) is 5.91 Å². The highest BCUT2D eigenvalue weighted by atomic mass is 19.3. The highest BCUT2D eigenvalue weighted by Crippen LogP contribution is 2.44. The van der Waals surface area contributed by atoms with E-state index in [0.717, 1.165) is 12.1 Å². The van der Waals surface area contributed by atoms with Gasteiger partial charge in [0.15, 0.2) is 11.6 Å². The Hall–Kier alpha value is -3.91. The van der Waals surface area contributed by atoms with Gasteiger partial charge in [-0.15, -0.1) is 0 Å². The summed E-state index contributed by atoms with van der Waals surface area (Å²) < 4.78 is 90.6. The third-order valence-electron chi connectivity index (χ3n) is 8.48. The average Bonchev–Trinajstić information content (AvgIpc) is 2.96. The summed E-state index contributed by atoms with van der Waals surface area (Å²) in [6.45, 7) is 1.09. The fourth-order valence-electron chi connectivity index (χ4n) is 5.66. The van der Waals surface area contributed by atoms with E-state index in [4.69, 9.17) is 10.5 Å². The fourth-order valence-corrected chi connectivity index (χ4v) is 5.66. The van der Waals surface area contributed by atoms with Crippen molar-refractivity contribution in [2.24, 2.45) is 5.73 Å². The fraction of sp³-hybridized carbons (Fsp3) is 0.433. The van der Waals surface area contributed by atoms with Crippen LogP contribution in [0.1, 0.15) is 48.9 Å². The van der Waals surface area contributed by atoms with E-state index < -0.39 is 52.8 Å². The van der Waals surface area contributed by atoms with E-state index in [1.807, 2.05) is 0 Å². The molecule has 1 amide bonds. The normalized spacial score (nSPS) is 21.8. The van der Waals surface area contributed by atoms with Gasteiger partial charge in [-0.05, 0) is 42.8 Å². The van der Waals surface area contributed by atoms with Gasteiger partial charge >= 0.3 is 0 Å².